The van der Waals surface area contributed by atoms with Gasteiger partial charge in [0.2, 0.25) is 0 Å². The summed E-state index contributed by atoms with van der Waals surface area (Å²) in [6.45, 7) is 0. The third-order valence-electron chi connectivity index (χ3n) is 12.1. The van der Waals surface area contributed by atoms with Crippen LogP contribution in [0.4, 0.5) is 17.1 Å². The van der Waals surface area contributed by atoms with E-state index in [9.17, 15) is 0 Å². The van der Waals surface area contributed by atoms with Gasteiger partial charge in [-0.25, -0.2) is 0 Å². The van der Waals surface area contributed by atoms with Crippen LogP contribution in [0.5, 0.6) is 0 Å². The predicted molar refractivity (Wildman–Crippen MR) is 286 cm³/mol. The fourth-order valence-corrected chi connectivity index (χ4v) is 17.1. The third-order valence-corrected chi connectivity index (χ3v) is 20.4. The molecule has 0 saturated carbocycles. The molecule has 2 heterocycles. The first-order chi connectivity index (χ1) is 31.7. The van der Waals surface area contributed by atoms with Crippen LogP contribution in [0.1, 0.15) is 0 Å². The van der Waals surface area contributed by atoms with Gasteiger partial charge >= 0.3 is 305 Å². The van der Waals surface area contributed by atoms with Gasteiger partial charge in [0, 0.05) is 9.58 Å². The Bertz CT molecular complexity index is 3300. The second-order valence-electron chi connectivity index (χ2n) is 15.9. The van der Waals surface area contributed by atoms with Crippen molar-refractivity contribution in [3.63, 3.8) is 0 Å². The summed E-state index contributed by atoms with van der Waals surface area (Å²) in [6.07, 6.45) is 0. The molecule has 0 aliphatic rings. The van der Waals surface area contributed by atoms with Gasteiger partial charge in [-0.2, -0.15) is 0 Å². The van der Waals surface area contributed by atoms with Crippen LogP contribution in [-0.4, -0.2) is 0 Å². The summed E-state index contributed by atoms with van der Waals surface area (Å²) in [5.74, 6) is 0. The van der Waals surface area contributed by atoms with Crippen molar-refractivity contribution in [1.29, 1.82) is 0 Å². The molecule has 0 bridgehead atoms. The molecular formula is C60H40INS2. The van der Waals surface area contributed by atoms with Crippen LogP contribution in [0.25, 0.3) is 73.7 Å². The number of benzene rings is 10. The van der Waals surface area contributed by atoms with Crippen LogP contribution in [0, 0.1) is 10.7 Å². The summed E-state index contributed by atoms with van der Waals surface area (Å²) in [7, 11) is 0. The van der Waals surface area contributed by atoms with Gasteiger partial charge in [-0.15, -0.1) is 11.3 Å². The van der Waals surface area contributed by atoms with E-state index in [0.29, 0.717) is 0 Å². The molecule has 10 aromatic carbocycles. The first-order valence-corrected chi connectivity index (χ1v) is 26.4. The first-order valence-electron chi connectivity index (χ1n) is 21.6. The molecule has 2 aromatic heterocycles. The number of nitrogens with zero attached hydrogens (tertiary/aromatic N) is 1. The van der Waals surface area contributed by atoms with Crippen LogP contribution in [-0.2, 0) is 0 Å². The van der Waals surface area contributed by atoms with E-state index in [1.165, 1.54) is 84.4 Å². The summed E-state index contributed by atoms with van der Waals surface area (Å²) in [6, 6.07) is 89.9. The van der Waals surface area contributed by atoms with Crippen LogP contribution in [0.3, 0.4) is 0 Å². The number of para-hydroxylation sites is 1. The van der Waals surface area contributed by atoms with E-state index in [-0.39, 0.29) is 0 Å². The molecular weight excluding hydrogens is 926 g/mol. The monoisotopic (exact) mass is 965 g/mol. The Hall–Kier alpha value is -6.83. The van der Waals surface area contributed by atoms with Crippen molar-refractivity contribution >= 4 is 101 Å². The zero-order valence-electron chi connectivity index (χ0n) is 34.7. The molecule has 0 amide bonds. The molecule has 12 rings (SSSR count). The topological polar surface area (TPSA) is 3.24 Å². The molecule has 1 nitrogen and oxygen atoms in total. The quantitative estimate of drug-likeness (QED) is 0.130. The van der Waals surface area contributed by atoms with Crippen molar-refractivity contribution in [1.82, 2.24) is 0 Å². The number of fused-ring (bicyclic) bond motifs is 4. The number of anilines is 3. The molecule has 0 N–H and O–H groups in total. The molecule has 4 heteroatoms. The minimum atomic E-state index is -2.11. The molecule has 0 aliphatic carbocycles. The van der Waals surface area contributed by atoms with Crippen molar-refractivity contribution < 1.29 is 0 Å². The van der Waals surface area contributed by atoms with E-state index in [1.807, 2.05) is 22.7 Å². The fourth-order valence-electron chi connectivity index (χ4n) is 9.04. The molecule has 0 spiro atoms. The average molecular weight is 966 g/mol. The van der Waals surface area contributed by atoms with E-state index >= 15 is 0 Å². The van der Waals surface area contributed by atoms with Crippen molar-refractivity contribution in [3.8, 4) is 32.0 Å². The number of rotatable bonds is 9. The van der Waals surface area contributed by atoms with Crippen LogP contribution < -0.4 is 4.90 Å². The fraction of sp³-hybridized carbons (Fsp3) is 0. The normalized spacial score (nSPS) is 11.7. The molecule has 0 unspecified atom stereocenters. The Balaban J connectivity index is 0.901. The van der Waals surface area contributed by atoms with E-state index in [2.05, 4.69) is 248 Å². The summed E-state index contributed by atoms with van der Waals surface area (Å²) in [5, 5.41) is 7.75. The average Bonchev–Trinajstić information content (AvgIpc) is 4.01. The zero-order chi connectivity index (χ0) is 42.4. The molecule has 0 atom stereocenters. The number of hydrogen-bond donors (Lipinski definition) is 0. The van der Waals surface area contributed by atoms with E-state index in [1.54, 1.807) is 0 Å². The Morgan fingerprint density at radius 1 is 0.328 bits per heavy atom. The number of hydrogen-bond acceptors (Lipinski definition) is 3. The Morgan fingerprint density at radius 3 is 1.39 bits per heavy atom. The number of thiophene rings is 2. The van der Waals surface area contributed by atoms with Crippen LogP contribution >= 0.6 is 42.5 Å². The van der Waals surface area contributed by atoms with Crippen LogP contribution in [0.2, 0.25) is 0 Å². The Morgan fingerprint density at radius 2 is 0.781 bits per heavy atom. The van der Waals surface area contributed by atoms with Gasteiger partial charge in [-0.05, 0) is 23.1 Å². The molecule has 0 fully saturated rings. The molecule has 0 saturated heterocycles. The van der Waals surface area contributed by atoms with Crippen molar-refractivity contribution in [3.05, 3.63) is 253 Å². The predicted octanol–water partition coefficient (Wildman–Crippen LogP) is 18.3. The van der Waals surface area contributed by atoms with E-state index in [0.717, 1.165) is 17.1 Å². The van der Waals surface area contributed by atoms with Gasteiger partial charge < -0.3 is 0 Å². The Kier molecular flexibility index (Phi) is 10.1. The summed E-state index contributed by atoms with van der Waals surface area (Å²) in [4.78, 5) is 5.01. The minimum absolute atomic E-state index is 1.12. The number of halogens is 1. The van der Waals surface area contributed by atoms with Crippen molar-refractivity contribution in [2.45, 2.75) is 0 Å². The molecule has 12 aromatic rings. The molecule has 304 valence electrons. The van der Waals surface area contributed by atoms with Crippen LogP contribution in [0.15, 0.2) is 243 Å². The van der Waals surface area contributed by atoms with E-state index < -0.39 is 19.8 Å². The second-order valence-corrected chi connectivity index (χ2v) is 23.4. The van der Waals surface area contributed by atoms with Gasteiger partial charge in [0.15, 0.2) is 0 Å². The third kappa shape index (κ3) is 7.08. The Labute approximate surface area is 388 Å². The van der Waals surface area contributed by atoms with Gasteiger partial charge in [0.1, 0.15) is 0 Å². The van der Waals surface area contributed by atoms with E-state index in [4.69, 9.17) is 0 Å². The molecule has 0 aliphatic heterocycles. The van der Waals surface area contributed by atoms with Gasteiger partial charge in [0.05, 0.1) is 0 Å². The van der Waals surface area contributed by atoms with Crippen molar-refractivity contribution in [2.24, 2.45) is 0 Å². The van der Waals surface area contributed by atoms with Gasteiger partial charge in [0.25, 0.3) is 0 Å². The standard InChI is InChI=1S/C60H40INS2/c1-3-17-45(18-4-1)61(55-37-35-53(49-21-9-11-23-51(49)55)59-39-43-15-7-13-25-57(43)63-59)46-31-27-41(28-32-46)42-29-33-48(34-30-42)62(47-19-5-2-6-20-47)56-38-36-54(50-22-10-12-24-52(50)56)60-40-44-16-8-14-26-58(44)64-60/h1-40H. The van der Waals surface area contributed by atoms with Crippen molar-refractivity contribution in [2.75, 3.05) is 4.90 Å². The summed E-state index contributed by atoms with van der Waals surface area (Å²) < 4.78 is 6.98. The first kappa shape index (κ1) is 38.8. The molecule has 0 radical (unpaired) electrons. The second kappa shape index (κ2) is 16.7. The zero-order valence-corrected chi connectivity index (χ0v) is 38.5. The summed E-state index contributed by atoms with van der Waals surface area (Å²) >= 11 is 1.63. The van der Waals surface area contributed by atoms with Gasteiger partial charge in [-0.3, -0.25) is 0 Å². The SMILES string of the molecule is c1ccc(N(c2ccc(-c3ccc(I(c4ccccc4)c4ccc(-c5cc6ccccc6s5)c5ccccc45)cc3)cc2)c2ccc(-c3cc4ccccc4s3)c3ccccc23)cc1. The maximum absolute atomic E-state index is 2.44. The summed E-state index contributed by atoms with van der Waals surface area (Å²) in [5.41, 5.74) is 8.40. The maximum atomic E-state index is 2.44. The van der Waals surface area contributed by atoms with Gasteiger partial charge in [-0.1, -0.05) is 42.5 Å². The molecule has 64 heavy (non-hydrogen) atoms.